The summed E-state index contributed by atoms with van der Waals surface area (Å²) in [5.41, 5.74) is 1.70. The lowest BCUT2D eigenvalue weighted by molar-refractivity contribution is 0.0702. The highest BCUT2D eigenvalue weighted by molar-refractivity contribution is 6.05. The number of amides is 1. The van der Waals surface area contributed by atoms with Gasteiger partial charge in [-0.15, -0.1) is 0 Å². The summed E-state index contributed by atoms with van der Waals surface area (Å²) < 4.78 is 0. The molecule has 1 aromatic heterocycles. The average molecular weight is 244 g/mol. The Morgan fingerprint density at radius 3 is 2.78 bits per heavy atom. The maximum Gasteiger partial charge on any atom is 0.256 e. The second-order valence-corrected chi connectivity index (χ2v) is 4.60. The van der Waals surface area contributed by atoms with E-state index in [1.54, 1.807) is 0 Å². The lowest BCUT2D eigenvalue weighted by Crippen LogP contribution is -2.38. The Labute approximate surface area is 108 Å². The van der Waals surface area contributed by atoms with Crippen LogP contribution < -0.4 is 0 Å². The quantitative estimate of drug-likeness (QED) is 0.878. The predicted octanol–water partition coefficient (Wildman–Crippen LogP) is 3.43. The van der Waals surface area contributed by atoms with Gasteiger partial charge in [-0.1, -0.05) is 19.1 Å². The van der Waals surface area contributed by atoms with Crippen molar-refractivity contribution in [1.29, 1.82) is 0 Å². The van der Waals surface area contributed by atoms with Crippen molar-refractivity contribution in [2.75, 3.05) is 6.54 Å². The van der Waals surface area contributed by atoms with E-state index in [0.717, 1.165) is 29.4 Å². The number of H-pyrrole nitrogens is 1. The molecule has 0 saturated heterocycles. The Bertz CT molecular complexity index is 544. The van der Waals surface area contributed by atoms with Crippen LogP contribution in [-0.2, 0) is 0 Å². The molecule has 3 heteroatoms. The molecular formula is C15H20N2O. The molecule has 96 valence electrons. The van der Waals surface area contributed by atoms with Crippen LogP contribution in [0, 0.1) is 0 Å². The van der Waals surface area contributed by atoms with Crippen LogP contribution in [-0.4, -0.2) is 28.4 Å². The predicted molar refractivity (Wildman–Crippen MR) is 74.8 cm³/mol. The molecule has 0 radical (unpaired) electrons. The minimum absolute atomic E-state index is 0.111. The van der Waals surface area contributed by atoms with Gasteiger partial charge in [-0.25, -0.2) is 0 Å². The monoisotopic (exact) mass is 244 g/mol. The summed E-state index contributed by atoms with van der Waals surface area (Å²) in [5, 5.41) is 1.08. The summed E-state index contributed by atoms with van der Waals surface area (Å²) in [5.74, 6) is 0.111. The van der Waals surface area contributed by atoms with Crippen molar-refractivity contribution in [3.8, 4) is 0 Å². The zero-order valence-electron chi connectivity index (χ0n) is 11.2. The van der Waals surface area contributed by atoms with Gasteiger partial charge in [-0.3, -0.25) is 4.79 Å². The second-order valence-electron chi connectivity index (χ2n) is 4.60. The van der Waals surface area contributed by atoms with E-state index in [-0.39, 0.29) is 11.9 Å². The van der Waals surface area contributed by atoms with Gasteiger partial charge in [0.2, 0.25) is 0 Å². The lowest BCUT2D eigenvalue weighted by Gasteiger charge is -2.27. The van der Waals surface area contributed by atoms with Crippen LogP contribution in [0.3, 0.4) is 0 Å². The summed E-state index contributed by atoms with van der Waals surface area (Å²) in [7, 11) is 0. The molecule has 1 aromatic carbocycles. The van der Waals surface area contributed by atoms with E-state index in [2.05, 4.69) is 18.8 Å². The number of benzene rings is 1. The Kier molecular flexibility index (Phi) is 3.70. The molecule has 0 saturated carbocycles. The zero-order chi connectivity index (χ0) is 13.1. The number of nitrogens with zero attached hydrogens (tertiary/aromatic N) is 1. The van der Waals surface area contributed by atoms with E-state index in [9.17, 15) is 4.79 Å². The minimum Gasteiger partial charge on any atom is -0.361 e. The van der Waals surface area contributed by atoms with Crippen LogP contribution in [0.5, 0.6) is 0 Å². The molecule has 0 aliphatic rings. The smallest absolute Gasteiger partial charge is 0.256 e. The molecule has 3 nitrogen and oxygen atoms in total. The molecule has 1 atom stereocenters. The van der Waals surface area contributed by atoms with E-state index in [0.29, 0.717) is 0 Å². The lowest BCUT2D eigenvalue weighted by atomic mass is 10.1. The molecule has 0 spiro atoms. The van der Waals surface area contributed by atoms with Crippen molar-refractivity contribution in [3.63, 3.8) is 0 Å². The Morgan fingerprint density at radius 1 is 1.33 bits per heavy atom. The number of carbonyl (C=O) groups is 1. The molecule has 0 bridgehead atoms. The van der Waals surface area contributed by atoms with Gasteiger partial charge in [-0.2, -0.15) is 0 Å². The van der Waals surface area contributed by atoms with E-state index in [4.69, 9.17) is 0 Å². The van der Waals surface area contributed by atoms with Crippen molar-refractivity contribution < 1.29 is 4.79 Å². The molecule has 1 heterocycles. The SMILES string of the molecule is CCC(C)N(CC)C(=O)c1cccc2cc[nH]c12. The zero-order valence-corrected chi connectivity index (χ0v) is 11.2. The van der Waals surface area contributed by atoms with Gasteiger partial charge in [0.1, 0.15) is 0 Å². The second kappa shape index (κ2) is 5.25. The van der Waals surface area contributed by atoms with Crippen molar-refractivity contribution >= 4 is 16.8 Å². The van der Waals surface area contributed by atoms with Gasteiger partial charge in [0.15, 0.2) is 0 Å². The third-order valence-corrected chi connectivity index (χ3v) is 3.54. The van der Waals surface area contributed by atoms with Gasteiger partial charge >= 0.3 is 0 Å². The molecule has 1 unspecified atom stereocenters. The number of hydrogen-bond acceptors (Lipinski definition) is 1. The summed E-state index contributed by atoms with van der Waals surface area (Å²) in [6, 6.07) is 8.11. The van der Waals surface area contributed by atoms with E-state index in [1.807, 2.05) is 42.3 Å². The number of carbonyl (C=O) groups excluding carboxylic acids is 1. The van der Waals surface area contributed by atoms with Gasteiger partial charge in [0.25, 0.3) is 5.91 Å². The summed E-state index contributed by atoms with van der Waals surface area (Å²) in [6.07, 6.45) is 2.85. The third kappa shape index (κ3) is 2.13. The highest BCUT2D eigenvalue weighted by atomic mass is 16.2. The molecule has 1 amide bonds. The first kappa shape index (κ1) is 12.7. The third-order valence-electron chi connectivity index (χ3n) is 3.54. The number of hydrogen-bond donors (Lipinski definition) is 1. The Morgan fingerprint density at radius 2 is 2.11 bits per heavy atom. The number of aromatic amines is 1. The van der Waals surface area contributed by atoms with E-state index < -0.39 is 0 Å². The minimum atomic E-state index is 0.111. The summed E-state index contributed by atoms with van der Waals surface area (Å²) in [4.78, 5) is 17.7. The maximum atomic E-state index is 12.6. The normalized spacial score (nSPS) is 12.6. The summed E-state index contributed by atoms with van der Waals surface area (Å²) in [6.45, 7) is 6.97. The van der Waals surface area contributed by atoms with Crippen LogP contribution in [0.25, 0.3) is 10.9 Å². The van der Waals surface area contributed by atoms with Gasteiger partial charge < -0.3 is 9.88 Å². The highest BCUT2D eigenvalue weighted by Gasteiger charge is 2.20. The molecule has 0 aliphatic heterocycles. The molecule has 0 fully saturated rings. The number of aromatic nitrogens is 1. The summed E-state index contributed by atoms with van der Waals surface area (Å²) >= 11 is 0. The highest BCUT2D eigenvalue weighted by Crippen LogP contribution is 2.20. The van der Waals surface area contributed by atoms with E-state index >= 15 is 0 Å². The fourth-order valence-corrected chi connectivity index (χ4v) is 2.29. The standard InChI is InChI=1S/C15H20N2O/c1-4-11(3)17(5-2)15(18)13-8-6-7-12-9-10-16-14(12)13/h6-11,16H,4-5H2,1-3H3. The molecule has 2 aromatic rings. The van der Waals surface area contributed by atoms with Crippen LogP contribution in [0.15, 0.2) is 30.5 Å². The molecule has 1 N–H and O–H groups in total. The van der Waals surface area contributed by atoms with Crippen LogP contribution in [0.1, 0.15) is 37.6 Å². The first-order valence-electron chi connectivity index (χ1n) is 6.56. The number of para-hydroxylation sites is 1. The van der Waals surface area contributed by atoms with Gasteiger partial charge in [-0.05, 0) is 32.4 Å². The topological polar surface area (TPSA) is 36.1 Å². The van der Waals surface area contributed by atoms with Gasteiger partial charge in [0, 0.05) is 24.2 Å². The Balaban J connectivity index is 2.41. The van der Waals surface area contributed by atoms with Crippen LogP contribution in [0.2, 0.25) is 0 Å². The molecular weight excluding hydrogens is 224 g/mol. The number of nitrogens with one attached hydrogen (secondary N) is 1. The fraction of sp³-hybridized carbons (Fsp3) is 0.400. The van der Waals surface area contributed by atoms with E-state index in [1.165, 1.54) is 0 Å². The first-order chi connectivity index (χ1) is 8.69. The van der Waals surface area contributed by atoms with Crippen molar-refractivity contribution in [3.05, 3.63) is 36.0 Å². The van der Waals surface area contributed by atoms with Crippen LogP contribution in [0.4, 0.5) is 0 Å². The van der Waals surface area contributed by atoms with Crippen molar-refractivity contribution in [2.24, 2.45) is 0 Å². The van der Waals surface area contributed by atoms with Crippen molar-refractivity contribution in [2.45, 2.75) is 33.2 Å². The average Bonchev–Trinajstić information content (AvgIpc) is 2.87. The number of rotatable bonds is 4. The largest absolute Gasteiger partial charge is 0.361 e. The first-order valence-corrected chi connectivity index (χ1v) is 6.56. The Hall–Kier alpha value is -1.77. The molecule has 0 aliphatic carbocycles. The maximum absolute atomic E-state index is 12.6. The van der Waals surface area contributed by atoms with Gasteiger partial charge in [0.05, 0.1) is 11.1 Å². The van der Waals surface area contributed by atoms with Crippen LogP contribution >= 0.6 is 0 Å². The molecule has 2 rings (SSSR count). The number of fused-ring (bicyclic) bond motifs is 1. The molecule has 18 heavy (non-hydrogen) atoms. The van der Waals surface area contributed by atoms with Crippen molar-refractivity contribution in [1.82, 2.24) is 9.88 Å². The fourth-order valence-electron chi connectivity index (χ4n) is 2.29.